The van der Waals surface area contributed by atoms with Gasteiger partial charge in [0, 0.05) is 6.54 Å². The third-order valence-corrected chi connectivity index (χ3v) is 2.94. The molecular weight excluding hydrogens is 192 g/mol. The lowest BCUT2D eigenvalue weighted by Crippen LogP contribution is -2.49. The van der Waals surface area contributed by atoms with Crippen LogP contribution in [0, 0.1) is 0 Å². The molecule has 15 heavy (non-hydrogen) atoms. The number of carbonyl (C=O) groups is 1. The van der Waals surface area contributed by atoms with E-state index < -0.39 is 0 Å². The number of piperidine rings is 1. The van der Waals surface area contributed by atoms with Crippen LogP contribution in [0.15, 0.2) is 22.8 Å². The molecule has 2 rings (SSSR count). The Labute approximate surface area is 89.0 Å². The first-order chi connectivity index (χ1) is 7.20. The minimum atomic E-state index is -0.337. The number of furan rings is 1. The molecular formula is C11H16N2O2. The van der Waals surface area contributed by atoms with E-state index >= 15 is 0 Å². The average Bonchev–Trinajstić information content (AvgIpc) is 2.74. The Morgan fingerprint density at radius 3 is 3.13 bits per heavy atom. The normalized spacial score (nSPS) is 24.3. The molecule has 4 heteroatoms. The summed E-state index contributed by atoms with van der Waals surface area (Å²) in [6.07, 6.45) is 3.39. The second-order valence-corrected chi connectivity index (χ2v) is 3.97. The highest BCUT2D eigenvalue weighted by Gasteiger charge is 2.30. The monoisotopic (exact) mass is 208 g/mol. The molecule has 1 aliphatic heterocycles. The first-order valence-electron chi connectivity index (χ1n) is 5.29. The van der Waals surface area contributed by atoms with E-state index in [-0.39, 0.29) is 18.0 Å². The molecule has 0 saturated carbocycles. The molecule has 1 fully saturated rings. The largest absolute Gasteiger partial charge is 0.467 e. The molecule has 0 spiro atoms. The molecule has 2 heterocycles. The third kappa shape index (κ3) is 1.90. The van der Waals surface area contributed by atoms with E-state index in [0.29, 0.717) is 0 Å². The lowest BCUT2D eigenvalue weighted by atomic mass is 10.0. The Bertz CT molecular complexity index is 334. The van der Waals surface area contributed by atoms with Crippen molar-refractivity contribution in [1.29, 1.82) is 0 Å². The van der Waals surface area contributed by atoms with Crippen LogP contribution < -0.4 is 5.73 Å². The molecule has 1 aliphatic rings. The Morgan fingerprint density at radius 1 is 1.67 bits per heavy atom. The molecule has 1 amide bonds. The van der Waals surface area contributed by atoms with Crippen molar-refractivity contribution < 1.29 is 9.21 Å². The number of nitrogens with two attached hydrogens (primary N) is 1. The fraction of sp³-hybridized carbons (Fsp3) is 0.545. The van der Waals surface area contributed by atoms with E-state index in [0.717, 1.165) is 25.1 Å². The van der Waals surface area contributed by atoms with Crippen LogP contribution in [0.2, 0.25) is 0 Å². The maximum absolute atomic E-state index is 11.8. The van der Waals surface area contributed by atoms with Gasteiger partial charge in [-0.05, 0) is 31.9 Å². The number of nitrogens with zero attached hydrogens (tertiary/aromatic N) is 1. The van der Waals surface area contributed by atoms with Gasteiger partial charge in [-0.3, -0.25) is 4.79 Å². The summed E-state index contributed by atoms with van der Waals surface area (Å²) >= 11 is 0. The Balaban J connectivity index is 2.13. The Morgan fingerprint density at radius 2 is 2.47 bits per heavy atom. The van der Waals surface area contributed by atoms with Crippen molar-refractivity contribution >= 4 is 5.91 Å². The molecule has 1 aromatic rings. The summed E-state index contributed by atoms with van der Waals surface area (Å²) in [7, 11) is 0. The predicted molar refractivity (Wildman–Crippen MR) is 56.0 cm³/mol. The van der Waals surface area contributed by atoms with Crippen LogP contribution in [0.4, 0.5) is 0 Å². The first kappa shape index (κ1) is 10.2. The summed E-state index contributed by atoms with van der Waals surface area (Å²) in [6.45, 7) is 2.74. The number of rotatable bonds is 2. The van der Waals surface area contributed by atoms with Gasteiger partial charge in [0.25, 0.3) is 0 Å². The molecule has 0 bridgehead atoms. The molecule has 1 saturated heterocycles. The second-order valence-electron chi connectivity index (χ2n) is 3.97. The first-order valence-corrected chi connectivity index (χ1v) is 5.29. The molecule has 0 radical (unpaired) electrons. The van der Waals surface area contributed by atoms with Crippen LogP contribution in [-0.4, -0.2) is 23.4 Å². The van der Waals surface area contributed by atoms with Crippen molar-refractivity contribution in [1.82, 2.24) is 4.90 Å². The molecule has 0 aliphatic carbocycles. The lowest BCUT2D eigenvalue weighted by Gasteiger charge is -2.34. The minimum Gasteiger partial charge on any atom is -0.467 e. The van der Waals surface area contributed by atoms with Gasteiger partial charge in [0.15, 0.2) is 0 Å². The topological polar surface area (TPSA) is 59.5 Å². The van der Waals surface area contributed by atoms with Crippen LogP contribution in [0.3, 0.4) is 0 Å². The number of amides is 1. The standard InChI is InChI=1S/C11H16N2O2/c1-8(10-5-3-7-15-10)13-6-2-4-9(12)11(13)14/h3,5,7-9H,2,4,6,12H2,1H3. The van der Waals surface area contributed by atoms with Crippen molar-refractivity contribution in [2.45, 2.75) is 31.8 Å². The second kappa shape index (κ2) is 4.06. The SMILES string of the molecule is CC(c1ccco1)N1CCCC(N)C1=O. The van der Waals surface area contributed by atoms with Crippen molar-refractivity contribution in [2.75, 3.05) is 6.54 Å². The predicted octanol–water partition coefficient (Wildman–Crippen LogP) is 1.29. The van der Waals surface area contributed by atoms with Gasteiger partial charge in [-0.15, -0.1) is 0 Å². The van der Waals surface area contributed by atoms with E-state index in [1.54, 1.807) is 11.2 Å². The molecule has 2 atom stereocenters. The van der Waals surface area contributed by atoms with Gasteiger partial charge < -0.3 is 15.1 Å². The van der Waals surface area contributed by atoms with Gasteiger partial charge in [-0.25, -0.2) is 0 Å². The van der Waals surface area contributed by atoms with Crippen LogP contribution in [-0.2, 0) is 4.79 Å². The van der Waals surface area contributed by atoms with E-state index in [4.69, 9.17) is 10.2 Å². The van der Waals surface area contributed by atoms with Gasteiger partial charge in [0.2, 0.25) is 5.91 Å². The van der Waals surface area contributed by atoms with Gasteiger partial charge in [0.1, 0.15) is 5.76 Å². The number of likely N-dealkylation sites (tertiary alicyclic amines) is 1. The Kier molecular flexibility index (Phi) is 2.77. The summed E-state index contributed by atoms with van der Waals surface area (Å²) in [6, 6.07) is 3.37. The zero-order valence-corrected chi connectivity index (χ0v) is 8.85. The quantitative estimate of drug-likeness (QED) is 0.796. The van der Waals surface area contributed by atoms with Gasteiger partial charge >= 0.3 is 0 Å². The highest BCUT2D eigenvalue weighted by atomic mass is 16.3. The molecule has 0 aromatic carbocycles. The lowest BCUT2D eigenvalue weighted by molar-refractivity contribution is -0.137. The zero-order valence-electron chi connectivity index (χ0n) is 8.85. The van der Waals surface area contributed by atoms with Crippen molar-refractivity contribution in [2.24, 2.45) is 5.73 Å². The van der Waals surface area contributed by atoms with E-state index in [9.17, 15) is 4.79 Å². The third-order valence-electron chi connectivity index (χ3n) is 2.94. The Hall–Kier alpha value is -1.29. The molecule has 1 aromatic heterocycles. The highest BCUT2D eigenvalue weighted by Crippen LogP contribution is 2.24. The average molecular weight is 208 g/mol. The summed E-state index contributed by atoms with van der Waals surface area (Å²) < 4.78 is 5.30. The van der Waals surface area contributed by atoms with Crippen LogP contribution in [0.25, 0.3) is 0 Å². The molecule has 82 valence electrons. The summed E-state index contributed by atoms with van der Waals surface area (Å²) in [4.78, 5) is 13.6. The molecule has 2 N–H and O–H groups in total. The van der Waals surface area contributed by atoms with Crippen LogP contribution in [0.5, 0.6) is 0 Å². The summed E-state index contributed by atoms with van der Waals surface area (Å²) in [5, 5.41) is 0. The van der Waals surface area contributed by atoms with Crippen molar-refractivity contribution in [3.8, 4) is 0 Å². The fourth-order valence-corrected chi connectivity index (χ4v) is 2.00. The van der Waals surface area contributed by atoms with E-state index in [1.165, 1.54) is 0 Å². The van der Waals surface area contributed by atoms with E-state index in [1.807, 2.05) is 19.1 Å². The van der Waals surface area contributed by atoms with Crippen LogP contribution in [0.1, 0.15) is 31.6 Å². The van der Waals surface area contributed by atoms with E-state index in [2.05, 4.69) is 0 Å². The molecule has 4 nitrogen and oxygen atoms in total. The zero-order chi connectivity index (χ0) is 10.8. The minimum absolute atomic E-state index is 0.0150. The van der Waals surface area contributed by atoms with Gasteiger partial charge in [-0.1, -0.05) is 0 Å². The number of hydrogen-bond donors (Lipinski definition) is 1. The van der Waals surface area contributed by atoms with Gasteiger partial charge in [0.05, 0.1) is 18.3 Å². The van der Waals surface area contributed by atoms with Crippen LogP contribution >= 0.6 is 0 Å². The maximum atomic E-state index is 11.8. The highest BCUT2D eigenvalue weighted by molar-refractivity contribution is 5.82. The van der Waals surface area contributed by atoms with Crippen molar-refractivity contribution in [3.05, 3.63) is 24.2 Å². The van der Waals surface area contributed by atoms with Crippen molar-refractivity contribution in [3.63, 3.8) is 0 Å². The molecule has 2 unspecified atom stereocenters. The number of carbonyl (C=O) groups excluding carboxylic acids is 1. The van der Waals surface area contributed by atoms with Gasteiger partial charge in [-0.2, -0.15) is 0 Å². The number of hydrogen-bond acceptors (Lipinski definition) is 3. The maximum Gasteiger partial charge on any atom is 0.240 e. The fourth-order valence-electron chi connectivity index (χ4n) is 2.00. The summed E-state index contributed by atoms with van der Waals surface area (Å²) in [5.41, 5.74) is 5.74. The smallest absolute Gasteiger partial charge is 0.240 e. The summed E-state index contributed by atoms with van der Waals surface area (Å²) in [5.74, 6) is 0.850.